The highest BCUT2D eigenvalue weighted by Crippen LogP contribution is 2.22. The van der Waals surface area contributed by atoms with Gasteiger partial charge < -0.3 is 20.5 Å². The molecule has 0 saturated carbocycles. The summed E-state index contributed by atoms with van der Waals surface area (Å²) in [6, 6.07) is 5.09. The number of unbranched alkanes of at least 4 members (excludes halogenated alkanes) is 1. The molecule has 1 amide bonds. The molecule has 0 aliphatic heterocycles. The summed E-state index contributed by atoms with van der Waals surface area (Å²) in [4.78, 5) is 12.0. The molecule has 0 aliphatic carbocycles. The highest BCUT2D eigenvalue weighted by atomic mass is 16.5. The number of ether oxygens (including phenoxy) is 2. The monoisotopic (exact) mass is 294 g/mol. The van der Waals surface area contributed by atoms with E-state index < -0.39 is 0 Å². The maximum absolute atomic E-state index is 12.0. The summed E-state index contributed by atoms with van der Waals surface area (Å²) >= 11 is 0. The molecule has 0 aliphatic rings. The van der Waals surface area contributed by atoms with Gasteiger partial charge in [-0.25, -0.2) is 0 Å². The lowest BCUT2D eigenvalue weighted by atomic mass is 10.1. The van der Waals surface area contributed by atoms with E-state index in [2.05, 4.69) is 5.32 Å². The Bertz CT molecular complexity index is 447. The van der Waals surface area contributed by atoms with Crippen LogP contribution in [0.4, 0.5) is 5.69 Å². The average molecular weight is 294 g/mol. The molecule has 0 aromatic heterocycles. The standard InChI is InChI=1S/C16H26N2O3/c1-4-20-15-8-7-13(11-14(15)17)16(19)18-9-5-6-10-21-12(2)3/h7-8,11-12H,4-6,9-10,17H2,1-3H3,(H,18,19). The fourth-order valence-corrected chi connectivity index (χ4v) is 1.83. The summed E-state index contributed by atoms with van der Waals surface area (Å²) in [5.74, 6) is 0.495. The van der Waals surface area contributed by atoms with Crippen molar-refractivity contribution in [2.45, 2.75) is 39.7 Å². The Kier molecular flexibility index (Phi) is 7.61. The third-order valence-corrected chi connectivity index (χ3v) is 2.88. The fourth-order valence-electron chi connectivity index (χ4n) is 1.83. The first-order valence-corrected chi connectivity index (χ1v) is 7.46. The van der Waals surface area contributed by atoms with Gasteiger partial charge in [0.2, 0.25) is 0 Å². The molecule has 0 unspecified atom stereocenters. The zero-order valence-corrected chi connectivity index (χ0v) is 13.1. The van der Waals surface area contributed by atoms with E-state index in [1.165, 1.54) is 0 Å². The molecule has 21 heavy (non-hydrogen) atoms. The van der Waals surface area contributed by atoms with Crippen molar-refractivity contribution in [2.75, 3.05) is 25.5 Å². The van der Waals surface area contributed by atoms with Crippen molar-refractivity contribution in [1.29, 1.82) is 0 Å². The van der Waals surface area contributed by atoms with Crippen molar-refractivity contribution in [3.63, 3.8) is 0 Å². The Labute approximate surface area is 126 Å². The van der Waals surface area contributed by atoms with Gasteiger partial charge in [-0.15, -0.1) is 0 Å². The van der Waals surface area contributed by atoms with Gasteiger partial charge in [0.05, 0.1) is 18.4 Å². The van der Waals surface area contributed by atoms with Crippen LogP contribution in [-0.2, 0) is 4.74 Å². The highest BCUT2D eigenvalue weighted by Gasteiger charge is 2.08. The Balaban J connectivity index is 2.33. The first-order valence-electron chi connectivity index (χ1n) is 7.46. The van der Waals surface area contributed by atoms with Gasteiger partial charge in [-0.05, 0) is 51.8 Å². The van der Waals surface area contributed by atoms with Crippen molar-refractivity contribution in [3.8, 4) is 5.75 Å². The number of amides is 1. The number of carbonyl (C=O) groups is 1. The Hall–Kier alpha value is -1.75. The fraction of sp³-hybridized carbons (Fsp3) is 0.562. The SMILES string of the molecule is CCOc1ccc(C(=O)NCCCCOC(C)C)cc1N. The van der Waals surface area contributed by atoms with Gasteiger partial charge >= 0.3 is 0 Å². The third-order valence-electron chi connectivity index (χ3n) is 2.88. The average Bonchev–Trinajstić information content (AvgIpc) is 2.44. The molecule has 0 heterocycles. The first-order chi connectivity index (χ1) is 10.0. The molecule has 0 spiro atoms. The number of hydrogen-bond acceptors (Lipinski definition) is 4. The predicted molar refractivity (Wildman–Crippen MR) is 84.7 cm³/mol. The quantitative estimate of drug-likeness (QED) is 0.542. The largest absolute Gasteiger partial charge is 0.492 e. The van der Waals surface area contributed by atoms with E-state index in [1.54, 1.807) is 18.2 Å². The summed E-state index contributed by atoms with van der Waals surface area (Å²) < 4.78 is 10.8. The van der Waals surface area contributed by atoms with Crippen molar-refractivity contribution < 1.29 is 14.3 Å². The Morgan fingerprint density at radius 2 is 2.10 bits per heavy atom. The molecule has 5 nitrogen and oxygen atoms in total. The summed E-state index contributed by atoms with van der Waals surface area (Å²) in [6.45, 7) is 7.82. The maximum atomic E-state index is 12.0. The van der Waals surface area contributed by atoms with E-state index in [1.807, 2.05) is 20.8 Å². The van der Waals surface area contributed by atoms with Crippen molar-refractivity contribution in [1.82, 2.24) is 5.32 Å². The first kappa shape index (κ1) is 17.3. The van der Waals surface area contributed by atoms with Crippen molar-refractivity contribution in [3.05, 3.63) is 23.8 Å². The van der Waals surface area contributed by atoms with Gasteiger partial charge in [0.15, 0.2) is 0 Å². The molecule has 0 fully saturated rings. The molecule has 3 N–H and O–H groups in total. The summed E-state index contributed by atoms with van der Waals surface area (Å²) in [7, 11) is 0. The maximum Gasteiger partial charge on any atom is 0.251 e. The lowest BCUT2D eigenvalue weighted by Crippen LogP contribution is -2.24. The number of benzene rings is 1. The van der Waals surface area contributed by atoms with Crippen LogP contribution in [0.2, 0.25) is 0 Å². The smallest absolute Gasteiger partial charge is 0.251 e. The van der Waals surface area contributed by atoms with Crippen molar-refractivity contribution >= 4 is 11.6 Å². The molecular formula is C16H26N2O3. The molecule has 0 saturated heterocycles. The minimum Gasteiger partial charge on any atom is -0.492 e. The van der Waals surface area contributed by atoms with Crippen LogP contribution in [0, 0.1) is 0 Å². The third kappa shape index (κ3) is 6.49. The number of nitrogens with two attached hydrogens (primary N) is 1. The number of nitrogen functional groups attached to an aromatic ring is 1. The van der Waals surface area contributed by atoms with Crippen LogP contribution in [0.15, 0.2) is 18.2 Å². The molecule has 118 valence electrons. The van der Waals surface area contributed by atoms with Crippen LogP contribution >= 0.6 is 0 Å². The molecule has 0 bridgehead atoms. The van der Waals surface area contributed by atoms with Crippen LogP contribution in [0.25, 0.3) is 0 Å². The zero-order valence-electron chi connectivity index (χ0n) is 13.1. The van der Waals surface area contributed by atoms with Crippen molar-refractivity contribution in [2.24, 2.45) is 0 Å². The molecular weight excluding hydrogens is 268 g/mol. The van der Waals surface area contributed by atoms with E-state index in [9.17, 15) is 4.79 Å². The van der Waals surface area contributed by atoms with E-state index >= 15 is 0 Å². The lowest BCUT2D eigenvalue weighted by molar-refractivity contribution is 0.0754. The van der Waals surface area contributed by atoms with Crippen LogP contribution in [0.1, 0.15) is 44.0 Å². The zero-order chi connectivity index (χ0) is 15.7. The number of hydrogen-bond donors (Lipinski definition) is 2. The van der Waals surface area contributed by atoms with Crippen LogP contribution in [0.5, 0.6) is 5.75 Å². The Morgan fingerprint density at radius 1 is 1.33 bits per heavy atom. The molecule has 5 heteroatoms. The van der Waals surface area contributed by atoms with Crippen LogP contribution in [0.3, 0.4) is 0 Å². The van der Waals surface area contributed by atoms with E-state index in [0.29, 0.717) is 30.2 Å². The van der Waals surface area contributed by atoms with E-state index in [4.69, 9.17) is 15.2 Å². The van der Waals surface area contributed by atoms with Gasteiger partial charge in [0.1, 0.15) is 5.75 Å². The second-order valence-electron chi connectivity index (χ2n) is 5.07. The number of nitrogens with one attached hydrogen (secondary N) is 1. The predicted octanol–water partition coefficient (Wildman–Crippen LogP) is 2.60. The van der Waals surface area contributed by atoms with Gasteiger partial charge in [0.25, 0.3) is 5.91 Å². The molecule has 0 atom stereocenters. The molecule has 1 aromatic rings. The number of carbonyl (C=O) groups excluding carboxylic acids is 1. The molecule has 1 rings (SSSR count). The highest BCUT2D eigenvalue weighted by molar-refractivity contribution is 5.95. The second kappa shape index (κ2) is 9.23. The van der Waals surface area contributed by atoms with Crippen LogP contribution in [-0.4, -0.2) is 31.8 Å². The van der Waals surface area contributed by atoms with E-state index in [-0.39, 0.29) is 12.0 Å². The molecule has 1 aromatic carbocycles. The number of rotatable bonds is 9. The summed E-state index contributed by atoms with van der Waals surface area (Å²) in [5.41, 5.74) is 6.88. The van der Waals surface area contributed by atoms with Gasteiger partial charge in [-0.3, -0.25) is 4.79 Å². The van der Waals surface area contributed by atoms with Gasteiger partial charge in [0, 0.05) is 18.7 Å². The normalized spacial score (nSPS) is 10.7. The lowest BCUT2D eigenvalue weighted by Gasteiger charge is -2.10. The van der Waals surface area contributed by atoms with Gasteiger partial charge in [-0.2, -0.15) is 0 Å². The summed E-state index contributed by atoms with van der Waals surface area (Å²) in [5, 5.41) is 2.87. The minimum absolute atomic E-state index is 0.116. The number of anilines is 1. The van der Waals surface area contributed by atoms with Gasteiger partial charge in [-0.1, -0.05) is 0 Å². The minimum atomic E-state index is -0.116. The second-order valence-corrected chi connectivity index (χ2v) is 5.07. The summed E-state index contributed by atoms with van der Waals surface area (Å²) in [6.07, 6.45) is 2.08. The topological polar surface area (TPSA) is 73.6 Å². The molecule has 0 radical (unpaired) electrons. The van der Waals surface area contributed by atoms with E-state index in [0.717, 1.165) is 19.4 Å². The van der Waals surface area contributed by atoms with Crippen LogP contribution < -0.4 is 15.8 Å². The Morgan fingerprint density at radius 3 is 2.71 bits per heavy atom.